The van der Waals surface area contributed by atoms with Crippen LogP contribution in [0.4, 0.5) is 5.13 Å². The molecule has 1 saturated heterocycles. The van der Waals surface area contributed by atoms with Crippen LogP contribution < -0.4 is 10.2 Å². The van der Waals surface area contributed by atoms with Crippen molar-refractivity contribution in [2.75, 3.05) is 24.5 Å². The summed E-state index contributed by atoms with van der Waals surface area (Å²) in [6.07, 6.45) is 1.24. The van der Waals surface area contributed by atoms with Crippen molar-refractivity contribution in [3.05, 3.63) is 59.1 Å². The third-order valence-electron chi connectivity index (χ3n) is 4.62. The zero-order valence-corrected chi connectivity index (χ0v) is 16.5. The van der Waals surface area contributed by atoms with Crippen molar-refractivity contribution >= 4 is 28.3 Å². The van der Waals surface area contributed by atoms with E-state index in [1.54, 1.807) is 11.3 Å². The smallest absolute Gasteiger partial charge is 0.253 e. The topological polar surface area (TPSA) is 65.5 Å². The van der Waals surface area contributed by atoms with Crippen LogP contribution in [0.15, 0.2) is 42.3 Å². The molecule has 1 fully saturated rings. The summed E-state index contributed by atoms with van der Waals surface area (Å²) >= 11 is 1.65. The number of amides is 2. The molecule has 0 spiro atoms. The van der Waals surface area contributed by atoms with Crippen LogP contribution in [0.1, 0.15) is 28.5 Å². The third-order valence-corrected chi connectivity index (χ3v) is 5.62. The number of aromatic nitrogens is 1. The lowest BCUT2D eigenvalue weighted by atomic mass is 10.1. The van der Waals surface area contributed by atoms with E-state index in [1.807, 2.05) is 36.1 Å². The first kappa shape index (κ1) is 19.1. The van der Waals surface area contributed by atoms with E-state index in [-0.39, 0.29) is 17.9 Å². The molecule has 0 aliphatic carbocycles. The van der Waals surface area contributed by atoms with Gasteiger partial charge in [-0.1, -0.05) is 18.7 Å². The van der Waals surface area contributed by atoms with Crippen molar-refractivity contribution in [3.63, 3.8) is 0 Å². The Balaban J connectivity index is 1.59. The fourth-order valence-corrected chi connectivity index (χ4v) is 4.04. The molecule has 1 atom stereocenters. The predicted octanol–water partition coefficient (Wildman–Crippen LogP) is 2.60. The zero-order chi connectivity index (χ0) is 19.4. The molecule has 1 aromatic carbocycles. The van der Waals surface area contributed by atoms with Crippen molar-refractivity contribution in [1.82, 2.24) is 15.2 Å². The first-order valence-corrected chi connectivity index (χ1v) is 9.83. The number of nitrogens with zero attached hydrogens (tertiary/aromatic N) is 3. The highest BCUT2D eigenvalue weighted by Gasteiger charge is 2.28. The van der Waals surface area contributed by atoms with Gasteiger partial charge in [0, 0.05) is 43.2 Å². The highest BCUT2D eigenvalue weighted by Crippen LogP contribution is 2.25. The average molecular weight is 385 g/mol. The van der Waals surface area contributed by atoms with Gasteiger partial charge in [0.05, 0.1) is 5.69 Å². The molecular weight excluding hydrogens is 360 g/mol. The van der Waals surface area contributed by atoms with E-state index < -0.39 is 0 Å². The number of hydrogen-bond donors (Lipinski definition) is 1. The van der Waals surface area contributed by atoms with Crippen LogP contribution in [0.2, 0.25) is 0 Å². The van der Waals surface area contributed by atoms with E-state index in [0.717, 1.165) is 22.9 Å². The predicted molar refractivity (Wildman–Crippen MR) is 108 cm³/mol. The normalized spacial score (nSPS) is 16.9. The quantitative estimate of drug-likeness (QED) is 0.805. The maximum atomic E-state index is 12.8. The van der Waals surface area contributed by atoms with E-state index in [2.05, 4.69) is 34.1 Å². The molecule has 0 radical (unpaired) electrons. The molecule has 27 heavy (non-hydrogen) atoms. The molecule has 2 aromatic rings. The molecular formula is C20H24N4O2S. The van der Waals surface area contributed by atoms with Crippen LogP contribution in [0.25, 0.3) is 0 Å². The van der Waals surface area contributed by atoms with Gasteiger partial charge < -0.3 is 15.1 Å². The number of carbonyl (C=O) groups excluding carboxylic acids is 2. The summed E-state index contributed by atoms with van der Waals surface area (Å²) in [6, 6.07) is 7.60. The number of anilines is 1. The summed E-state index contributed by atoms with van der Waals surface area (Å²) in [5.74, 6) is -0.170. The molecule has 0 bridgehead atoms. The Labute approximate surface area is 163 Å². The van der Waals surface area contributed by atoms with E-state index in [1.165, 1.54) is 6.08 Å². The number of carbonyl (C=O) groups is 2. The van der Waals surface area contributed by atoms with Gasteiger partial charge in [0.2, 0.25) is 5.91 Å². The SMILES string of the molecule is C=CC(=O)NCc1ccc(C(=O)N2CCN(c3nc(C)cs3)C(C)C2)cc1. The standard InChI is InChI=1S/C20H24N4O2S/c1-4-18(25)21-11-16-5-7-17(8-6-16)19(26)23-9-10-24(15(3)12-23)20-22-14(2)13-27-20/h4-8,13,15H,1,9-12H2,2-3H3,(H,21,25). The van der Waals surface area contributed by atoms with Gasteiger partial charge in [0.15, 0.2) is 5.13 Å². The van der Waals surface area contributed by atoms with Gasteiger partial charge in [-0.25, -0.2) is 4.98 Å². The Morgan fingerprint density at radius 2 is 2.07 bits per heavy atom. The van der Waals surface area contributed by atoms with Crippen LogP contribution in [-0.4, -0.2) is 47.4 Å². The van der Waals surface area contributed by atoms with Gasteiger partial charge in [-0.2, -0.15) is 0 Å². The second kappa shape index (κ2) is 8.35. The lowest BCUT2D eigenvalue weighted by Crippen LogP contribution is -2.53. The minimum absolute atomic E-state index is 0.0403. The minimum Gasteiger partial charge on any atom is -0.348 e. The summed E-state index contributed by atoms with van der Waals surface area (Å²) in [5.41, 5.74) is 2.64. The van der Waals surface area contributed by atoms with E-state index >= 15 is 0 Å². The molecule has 0 saturated carbocycles. The fourth-order valence-electron chi connectivity index (χ4n) is 3.11. The Kier molecular flexibility index (Phi) is 5.91. The molecule has 6 nitrogen and oxygen atoms in total. The molecule has 1 aliphatic heterocycles. The fraction of sp³-hybridized carbons (Fsp3) is 0.350. The molecule has 1 N–H and O–H groups in total. The molecule has 2 heterocycles. The first-order chi connectivity index (χ1) is 13.0. The maximum absolute atomic E-state index is 12.8. The lowest BCUT2D eigenvalue weighted by Gasteiger charge is -2.39. The summed E-state index contributed by atoms with van der Waals surface area (Å²) in [4.78, 5) is 32.8. The number of hydrogen-bond acceptors (Lipinski definition) is 5. The number of piperazine rings is 1. The van der Waals surface area contributed by atoms with Gasteiger partial charge in [-0.05, 0) is 37.6 Å². The second-order valence-electron chi connectivity index (χ2n) is 6.68. The maximum Gasteiger partial charge on any atom is 0.253 e. The van der Waals surface area contributed by atoms with E-state index in [9.17, 15) is 9.59 Å². The largest absolute Gasteiger partial charge is 0.348 e. The van der Waals surface area contributed by atoms with Crippen LogP contribution >= 0.6 is 11.3 Å². The molecule has 1 unspecified atom stereocenters. The highest BCUT2D eigenvalue weighted by atomic mass is 32.1. The first-order valence-electron chi connectivity index (χ1n) is 8.95. The molecule has 7 heteroatoms. The van der Waals surface area contributed by atoms with Crippen molar-refractivity contribution in [1.29, 1.82) is 0 Å². The van der Waals surface area contributed by atoms with Gasteiger partial charge in [0.1, 0.15) is 0 Å². The number of benzene rings is 1. The van der Waals surface area contributed by atoms with E-state index in [4.69, 9.17) is 0 Å². The Morgan fingerprint density at radius 1 is 1.33 bits per heavy atom. The number of nitrogens with one attached hydrogen (secondary N) is 1. The van der Waals surface area contributed by atoms with Crippen LogP contribution in [0.5, 0.6) is 0 Å². The Hall–Kier alpha value is -2.67. The van der Waals surface area contributed by atoms with Gasteiger partial charge >= 0.3 is 0 Å². The summed E-state index contributed by atoms with van der Waals surface area (Å²) in [5, 5.41) is 5.81. The molecule has 142 valence electrons. The number of rotatable bonds is 5. The van der Waals surface area contributed by atoms with Crippen LogP contribution in [-0.2, 0) is 11.3 Å². The van der Waals surface area contributed by atoms with Crippen molar-refractivity contribution in [2.45, 2.75) is 26.4 Å². The van der Waals surface area contributed by atoms with Crippen LogP contribution in [0.3, 0.4) is 0 Å². The molecule has 1 aromatic heterocycles. The van der Waals surface area contributed by atoms with Crippen molar-refractivity contribution in [3.8, 4) is 0 Å². The van der Waals surface area contributed by atoms with E-state index in [0.29, 0.717) is 25.2 Å². The molecule has 2 amide bonds. The highest BCUT2D eigenvalue weighted by molar-refractivity contribution is 7.13. The molecule has 1 aliphatic rings. The second-order valence-corrected chi connectivity index (χ2v) is 7.52. The number of aryl methyl sites for hydroxylation is 1. The lowest BCUT2D eigenvalue weighted by molar-refractivity contribution is -0.116. The van der Waals surface area contributed by atoms with Crippen molar-refractivity contribution < 1.29 is 9.59 Å². The van der Waals surface area contributed by atoms with Crippen molar-refractivity contribution in [2.24, 2.45) is 0 Å². The Morgan fingerprint density at radius 3 is 2.67 bits per heavy atom. The summed E-state index contributed by atoms with van der Waals surface area (Å²) < 4.78 is 0. The van der Waals surface area contributed by atoms with Crippen LogP contribution in [0, 0.1) is 6.92 Å². The summed E-state index contributed by atoms with van der Waals surface area (Å²) in [7, 11) is 0. The summed E-state index contributed by atoms with van der Waals surface area (Å²) in [6.45, 7) is 10.1. The third kappa shape index (κ3) is 4.54. The van der Waals surface area contributed by atoms with Gasteiger partial charge in [-0.3, -0.25) is 9.59 Å². The zero-order valence-electron chi connectivity index (χ0n) is 15.6. The van der Waals surface area contributed by atoms with Gasteiger partial charge in [-0.15, -0.1) is 11.3 Å². The average Bonchev–Trinajstić information content (AvgIpc) is 3.11. The Bertz CT molecular complexity index is 831. The number of thiazole rings is 1. The minimum atomic E-state index is -0.211. The van der Waals surface area contributed by atoms with Gasteiger partial charge in [0.25, 0.3) is 5.91 Å². The molecule has 3 rings (SSSR count). The monoisotopic (exact) mass is 384 g/mol.